The monoisotopic (exact) mass is 286 g/mol. The molecule has 0 unspecified atom stereocenters. The van der Waals surface area contributed by atoms with E-state index in [1.807, 2.05) is 0 Å². The van der Waals surface area contributed by atoms with Gasteiger partial charge in [0.2, 0.25) is 0 Å². The van der Waals surface area contributed by atoms with Crippen molar-refractivity contribution in [3.05, 3.63) is 42.0 Å². The quantitative estimate of drug-likeness (QED) is 0.882. The van der Waals surface area contributed by atoms with Gasteiger partial charge in [-0.1, -0.05) is 30.3 Å². The van der Waals surface area contributed by atoms with Crippen molar-refractivity contribution in [2.24, 2.45) is 0 Å². The average Bonchev–Trinajstić information content (AvgIpc) is 2.47. The molecule has 0 amide bonds. The predicted molar refractivity (Wildman–Crippen MR) is 90.0 cm³/mol. The fourth-order valence-electron chi connectivity index (χ4n) is 2.34. The molecule has 0 radical (unpaired) electrons. The molecule has 0 saturated carbocycles. The fraction of sp³-hybridized carbons (Fsp3) is 0.444. The van der Waals surface area contributed by atoms with Crippen LogP contribution >= 0.6 is 0 Å². The van der Waals surface area contributed by atoms with Crippen LogP contribution in [0.5, 0.6) is 5.75 Å². The van der Waals surface area contributed by atoms with E-state index >= 15 is 0 Å². The smallest absolute Gasteiger partial charge is 0.123 e. The fourth-order valence-corrected chi connectivity index (χ4v) is 2.34. The average molecular weight is 286 g/mol. The topological polar surface area (TPSA) is 24.5 Å². The van der Waals surface area contributed by atoms with E-state index in [1.54, 1.807) is 7.11 Å². The molecule has 3 nitrogen and oxygen atoms in total. The SMILES string of the molecule is COc1ccc2ccccc2c1CNCC(C)(C)N(C)C. The summed E-state index contributed by atoms with van der Waals surface area (Å²) < 4.78 is 5.53. The second-order valence-corrected chi connectivity index (χ2v) is 6.28. The number of hydrogen-bond acceptors (Lipinski definition) is 3. The lowest BCUT2D eigenvalue weighted by Gasteiger charge is -2.33. The van der Waals surface area contributed by atoms with Gasteiger partial charge in [-0.2, -0.15) is 0 Å². The predicted octanol–water partition coefficient (Wildman–Crippen LogP) is 3.28. The lowest BCUT2D eigenvalue weighted by atomic mass is 10.0. The van der Waals surface area contributed by atoms with E-state index < -0.39 is 0 Å². The molecule has 0 heterocycles. The van der Waals surface area contributed by atoms with Crippen molar-refractivity contribution >= 4 is 10.8 Å². The molecule has 0 aliphatic carbocycles. The number of nitrogens with one attached hydrogen (secondary N) is 1. The molecular formula is C18H26N2O. The van der Waals surface area contributed by atoms with E-state index in [0.29, 0.717) is 0 Å². The number of ether oxygens (including phenoxy) is 1. The molecule has 0 atom stereocenters. The molecule has 2 aromatic carbocycles. The van der Waals surface area contributed by atoms with E-state index in [0.717, 1.165) is 18.8 Å². The summed E-state index contributed by atoms with van der Waals surface area (Å²) >= 11 is 0. The molecular weight excluding hydrogens is 260 g/mol. The Morgan fingerprint density at radius 2 is 1.81 bits per heavy atom. The van der Waals surface area contributed by atoms with Crippen LogP contribution in [0.2, 0.25) is 0 Å². The molecule has 1 N–H and O–H groups in total. The highest BCUT2D eigenvalue weighted by Gasteiger charge is 2.20. The molecule has 0 saturated heterocycles. The Balaban J connectivity index is 2.21. The van der Waals surface area contributed by atoms with Crippen molar-refractivity contribution in [3.8, 4) is 5.75 Å². The Morgan fingerprint density at radius 1 is 1.10 bits per heavy atom. The molecule has 0 aliphatic heterocycles. The van der Waals surface area contributed by atoms with Gasteiger partial charge in [-0.3, -0.25) is 0 Å². The first-order valence-corrected chi connectivity index (χ1v) is 7.38. The molecule has 0 fully saturated rings. The van der Waals surface area contributed by atoms with Gasteiger partial charge in [-0.05, 0) is 44.8 Å². The largest absolute Gasteiger partial charge is 0.496 e. The van der Waals surface area contributed by atoms with Crippen molar-refractivity contribution < 1.29 is 4.74 Å². The van der Waals surface area contributed by atoms with Gasteiger partial charge in [0.1, 0.15) is 5.75 Å². The molecule has 0 aliphatic rings. The number of methoxy groups -OCH3 is 1. The van der Waals surface area contributed by atoms with Crippen molar-refractivity contribution in [3.63, 3.8) is 0 Å². The maximum atomic E-state index is 5.53. The van der Waals surface area contributed by atoms with Crippen LogP contribution < -0.4 is 10.1 Å². The maximum Gasteiger partial charge on any atom is 0.123 e. The van der Waals surface area contributed by atoms with Gasteiger partial charge in [0, 0.05) is 24.2 Å². The zero-order valence-corrected chi connectivity index (χ0v) is 13.7. The van der Waals surface area contributed by atoms with Crippen LogP contribution in [-0.2, 0) is 6.54 Å². The van der Waals surface area contributed by atoms with Crippen LogP contribution in [0.15, 0.2) is 36.4 Å². The molecule has 3 heteroatoms. The van der Waals surface area contributed by atoms with E-state index in [4.69, 9.17) is 4.74 Å². The lowest BCUT2D eigenvalue weighted by molar-refractivity contribution is 0.189. The second kappa shape index (κ2) is 6.46. The van der Waals surface area contributed by atoms with Crippen LogP contribution in [0.3, 0.4) is 0 Å². The minimum Gasteiger partial charge on any atom is -0.496 e. The van der Waals surface area contributed by atoms with Gasteiger partial charge >= 0.3 is 0 Å². The number of fused-ring (bicyclic) bond motifs is 1. The molecule has 21 heavy (non-hydrogen) atoms. The normalized spacial score (nSPS) is 12.1. The van der Waals surface area contributed by atoms with E-state index in [-0.39, 0.29) is 5.54 Å². The van der Waals surface area contributed by atoms with Gasteiger partial charge in [-0.25, -0.2) is 0 Å². The van der Waals surface area contributed by atoms with E-state index in [2.05, 4.69) is 74.6 Å². The van der Waals surface area contributed by atoms with E-state index in [9.17, 15) is 0 Å². The van der Waals surface area contributed by atoms with Gasteiger partial charge < -0.3 is 15.0 Å². The van der Waals surface area contributed by atoms with Crippen LogP contribution in [0, 0.1) is 0 Å². The molecule has 2 rings (SSSR count). The summed E-state index contributed by atoms with van der Waals surface area (Å²) in [4.78, 5) is 2.24. The van der Waals surface area contributed by atoms with Crippen molar-refractivity contribution in [1.29, 1.82) is 0 Å². The van der Waals surface area contributed by atoms with Crippen LogP contribution in [0.1, 0.15) is 19.4 Å². The Kier molecular flexibility index (Phi) is 4.86. The second-order valence-electron chi connectivity index (χ2n) is 6.28. The summed E-state index contributed by atoms with van der Waals surface area (Å²) in [6, 6.07) is 12.6. The van der Waals surface area contributed by atoms with Crippen molar-refractivity contribution in [1.82, 2.24) is 10.2 Å². The Morgan fingerprint density at radius 3 is 2.48 bits per heavy atom. The third-order valence-electron chi connectivity index (χ3n) is 4.29. The highest BCUT2D eigenvalue weighted by molar-refractivity contribution is 5.87. The summed E-state index contributed by atoms with van der Waals surface area (Å²) in [5.41, 5.74) is 1.35. The molecule has 114 valence electrons. The third-order valence-corrected chi connectivity index (χ3v) is 4.29. The summed E-state index contributed by atoms with van der Waals surface area (Å²) in [5.74, 6) is 0.948. The number of likely N-dealkylation sites (N-methyl/N-ethyl adjacent to an activating group) is 1. The summed E-state index contributed by atoms with van der Waals surface area (Å²) in [6.45, 7) is 6.20. The molecule has 0 aromatic heterocycles. The third kappa shape index (κ3) is 3.55. The molecule has 0 bridgehead atoms. The summed E-state index contributed by atoms with van der Waals surface area (Å²) in [5, 5.41) is 6.08. The maximum absolute atomic E-state index is 5.53. The number of nitrogens with zero attached hydrogens (tertiary/aromatic N) is 1. The summed E-state index contributed by atoms with van der Waals surface area (Å²) in [6.07, 6.45) is 0. The molecule has 0 spiro atoms. The van der Waals surface area contributed by atoms with Crippen LogP contribution in [0.25, 0.3) is 10.8 Å². The van der Waals surface area contributed by atoms with Gasteiger partial charge in [-0.15, -0.1) is 0 Å². The number of hydrogen-bond donors (Lipinski definition) is 1. The van der Waals surface area contributed by atoms with Crippen molar-refractivity contribution in [2.45, 2.75) is 25.9 Å². The summed E-state index contributed by atoms with van der Waals surface area (Å²) in [7, 11) is 5.96. The van der Waals surface area contributed by atoms with Crippen LogP contribution in [-0.4, -0.2) is 38.2 Å². The highest BCUT2D eigenvalue weighted by Crippen LogP contribution is 2.27. The van der Waals surface area contributed by atoms with Gasteiger partial charge in [0.15, 0.2) is 0 Å². The lowest BCUT2D eigenvalue weighted by Crippen LogP contribution is -2.46. The Bertz CT molecular complexity index is 605. The zero-order chi connectivity index (χ0) is 15.5. The first kappa shape index (κ1) is 15.8. The number of rotatable bonds is 6. The highest BCUT2D eigenvalue weighted by atomic mass is 16.5. The van der Waals surface area contributed by atoms with E-state index in [1.165, 1.54) is 16.3 Å². The minimum atomic E-state index is 0.123. The standard InChI is InChI=1S/C18H26N2O/c1-18(2,20(3)4)13-19-12-16-15-9-7-6-8-14(15)10-11-17(16)21-5/h6-11,19H,12-13H2,1-5H3. The van der Waals surface area contributed by atoms with Gasteiger partial charge in [0.25, 0.3) is 0 Å². The Hall–Kier alpha value is -1.58. The zero-order valence-electron chi connectivity index (χ0n) is 13.7. The Labute approximate surface area is 127 Å². The minimum absolute atomic E-state index is 0.123. The van der Waals surface area contributed by atoms with Gasteiger partial charge in [0.05, 0.1) is 7.11 Å². The first-order chi connectivity index (χ1) is 9.95. The number of benzene rings is 2. The first-order valence-electron chi connectivity index (χ1n) is 7.38. The van der Waals surface area contributed by atoms with Crippen LogP contribution in [0.4, 0.5) is 0 Å². The molecule has 2 aromatic rings. The van der Waals surface area contributed by atoms with Crippen molar-refractivity contribution in [2.75, 3.05) is 27.7 Å².